The van der Waals surface area contributed by atoms with Crippen molar-refractivity contribution in [1.82, 2.24) is 19.7 Å². The van der Waals surface area contributed by atoms with Crippen LogP contribution in [0.3, 0.4) is 0 Å². The summed E-state index contributed by atoms with van der Waals surface area (Å²) in [6.07, 6.45) is -4.83. The maximum Gasteiger partial charge on any atom is 0.573 e. The maximum atomic E-state index is 13.5. The molecule has 0 amide bonds. The van der Waals surface area contributed by atoms with Crippen LogP contribution >= 0.6 is 11.8 Å². The van der Waals surface area contributed by atoms with Crippen LogP contribution in [0.2, 0.25) is 0 Å². The minimum absolute atomic E-state index is 0.142. The Morgan fingerprint density at radius 3 is 2.47 bits per heavy atom. The topological polar surface area (TPSA) is 93.7 Å². The molecule has 36 heavy (non-hydrogen) atoms. The summed E-state index contributed by atoms with van der Waals surface area (Å²) >= 11 is 1.27. The Labute approximate surface area is 206 Å². The summed E-state index contributed by atoms with van der Waals surface area (Å²) in [5.41, 5.74) is 2.71. The van der Waals surface area contributed by atoms with Gasteiger partial charge in [-0.05, 0) is 42.0 Å². The number of para-hydroxylation sites is 1. The molecule has 5 aromatic rings. The smallest absolute Gasteiger partial charge is 0.406 e. The molecule has 0 bridgehead atoms. The van der Waals surface area contributed by atoms with Crippen molar-refractivity contribution < 1.29 is 22.7 Å². The molecule has 3 aromatic carbocycles. The second-order valence-corrected chi connectivity index (χ2v) is 8.50. The number of aromatic nitrogens is 4. The van der Waals surface area contributed by atoms with E-state index in [1.807, 2.05) is 12.1 Å². The zero-order chi connectivity index (χ0) is 25.3. The molecule has 0 unspecified atom stereocenters. The van der Waals surface area contributed by atoms with Crippen molar-refractivity contribution in [3.8, 4) is 11.8 Å². The number of carbonyl (C=O) groups is 1. The fraction of sp³-hybridized carbons (Fsp3) is 0.0800. The predicted molar refractivity (Wildman–Crippen MR) is 126 cm³/mol. The lowest BCUT2D eigenvalue weighted by molar-refractivity contribution is -0.274. The van der Waals surface area contributed by atoms with Crippen molar-refractivity contribution in [2.45, 2.75) is 17.3 Å². The van der Waals surface area contributed by atoms with E-state index in [1.54, 1.807) is 36.4 Å². The minimum atomic E-state index is -4.83. The summed E-state index contributed by atoms with van der Waals surface area (Å²) in [5, 5.41) is 18.8. The highest BCUT2D eigenvalue weighted by molar-refractivity contribution is 7.98. The predicted octanol–water partition coefficient (Wildman–Crippen LogP) is 5.73. The zero-order valence-electron chi connectivity index (χ0n) is 18.2. The van der Waals surface area contributed by atoms with Crippen molar-refractivity contribution >= 4 is 39.7 Å². The molecule has 0 aliphatic carbocycles. The highest BCUT2D eigenvalue weighted by atomic mass is 32.2. The molecule has 0 N–H and O–H groups in total. The summed E-state index contributed by atoms with van der Waals surface area (Å²) < 4.78 is 42.7. The van der Waals surface area contributed by atoms with Gasteiger partial charge in [-0.15, -0.1) is 23.4 Å². The first kappa shape index (κ1) is 23.3. The van der Waals surface area contributed by atoms with E-state index < -0.39 is 18.0 Å². The van der Waals surface area contributed by atoms with Crippen LogP contribution in [0.15, 0.2) is 78.0 Å². The van der Waals surface area contributed by atoms with Gasteiger partial charge >= 0.3 is 6.36 Å². The van der Waals surface area contributed by atoms with Crippen LogP contribution in [0, 0.1) is 11.3 Å². The van der Waals surface area contributed by atoms with Gasteiger partial charge in [-0.2, -0.15) is 5.26 Å². The summed E-state index contributed by atoms with van der Waals surface area (Å²) in [5.74, 6) is -0.501. The van der Waals surface area contributed by atoms with Crippen LogP contribution in [-0.2, 0) is 5.75 Å². The molecule has 0 spiro atoms. The lowest BCUT2D eigenvalue weighted by Gasteiger charge is -2.10. The second-order valence-electron chi connectivity index (χ2n) is 7.55. The molecule has 0 aliphatic rings. The van der Waals surface area contributed by atoms with Gasteiger partial charge in [0.05, 0.1) is 17.1 Å². The fourth-order valence-electron chi connectivity index (χ4n) is 3.71. The standard InChI is InChI=1S/C25H14F3N5O2S/c26-25(27,28)35-18-11-9-15(10-12-18)23(34)33-20-8-4-3-7-19(20)21-22(33)30-24(32-31-21)36-14-17-6-2-1-5-16(17)13-29/h1-12H,14H2. The van der Waals surface area contributed by atoms with Gasteiger partial charge in [0.1, 0.15) is 11.3 Å². The lowest BCUT2D eigenvalue weighted by atomic mass is 10.1. The molecule has 7 nitrogen and oxygen atoms in total. The van der Waals surface area contributed by atoms with Gasteiger partial charge in [0.15, 0.2) is 5.65 Å². The molecule has 5 rings (SSSR count). The third kappa shape index (κ3) is 4.58. The molecule has 0 atom stereocenters. The van der Waals surface area contributed by atoms with Crippen molar-refractivity contribution in [3.05, 3.63) is 89.5 Å². The first-order valence-corrected chi connectivity index (χ1v) is 11.5. The highest BCUT2D eigenvalue weighted by Crippen LogP contribution is 2.30. The van der Waals surface area contributed by atoms with Crippen LogP contribution in [0.4, 0.5) is 13.2 Å². The van der Waals surface area contributed by atoms with E-state index >= 15 is 0 Å². The van der Waals surface area contributed by atoms with E-state index in [0.29, 0.717) is 32.9 Å². The van der Waals surface area contributed by atoms with Gasteiger partial charge in [0.2, 0.25) is 5.16 Å². The van der Waals surface area contributed by atoms with Crippen molar-refractivity contribution in [1.29, 1.82) is 5.26 Å². The molecule has 11 heteroatoms. The van der Waals surface area contributed by atoms with E-state index in [0.717, 1.165) is 17.7 Å². The SMILES string of the molecule is N#Cc1ccccc1CSc1nnc2c3ccccc3n(C(=O)c3ccc(OC(F)(F)F)cc3)c2n1. The zero-order valence-corrected chi connectivity index (χ0v) is 19.0. The molecule has 0 fully saturated rings. The minimum Gasteiger partial charge on any atom is -0.406 e. The van der Waals surface area contributed by atoms with Crippen LogP contribution in [0.25, 0.3) is 22.1 Å². The number of ether oxygens (including phenoxy) is 1. The Hall–Kier alpha value is -4.43. The van der Waals surface area contributed by atoms with Crippen LogP contribution in [-0.4, -0.2) is 32.0 Å². The van der Waals surface area contributed by atoms with Crippen LogP contribution in [0.5, 0.6) is 5.75 Å². The normalized spacial score (nSPS) is 11.5. The number of benzene rings is 3. The largest absolute Gasteiger partial charge is 0.573 e. The average molecular weight is 505 g/mol. The number of rotatable bonds is 5. The Morgan fingerprint density at radius 2 is 1.72 bits per heavy atom. The lowest BCUT2D eigenvalue weighted by Crippen LogP contribution is -2.17. The number of alkyl halides is 3. The van der Waals surface area contributed by atoms with Gasteiger partial charge in [-0.1, -0.05) is 48.2 Å². The Kier molecular flexibility index (Phi) is 6.03. The number of fused-ring (bicyclic) bond motifs is 3. The number of hydrogen-bond acceptors (Lipinski definition) is 7. The first-order valence-electron chi connectivity index (χ1n) is 10.5. The molecule has 0 radical (unpaired) electrons. The van der Waals surface area contributed by atoms with Gasteiger partial charge in [0.25, 0.3) is 5.91 Å². The van der Waals surface area contributed by atoms with Gasteiger partial charge < -0.3 is 4.74 Å². The summed E-state index contributed by atoms with van der Waals surface area (Å²) in [6, 6.07) is 21.1. The van der Waals surface area contributed by atoms with Crippen molar-refractivity contribution in [2.75, 3.05) is 0 Å². The van der Waals surface area contributed by atoms with E-state index in [2.05, 4.69) is 26.0 Å². The Balaban J connectivity index is 1.53. The van der Waals surface area contributed by atoms with E-state index in [9.17, 15) is 23.2 Å². The summed E-state index contributed by atoms with van der Waals surface area (Å²) in [7, 11) is 0. The molecule has 0 saturated heterocycles. The molecule has 2 aromatic heterocycles. The maximum absolute atomic E-state index is 13.5. The summed E-state index contributed by atoms with van der Waals surface area (Å²) in [4.78, 5) is 18.0. The first-order chi connectivity index (χ1) is 17.3. The Morgan fingerprint density at radius 1 is 1.00 bits per heavy atom. The fourth-order valence-corrected chi connectivity index (χ4v) is 4.50. The van der Waals surface area contributed by atoms with Gasteiger partial charge in [-0.25, -0.2) is 4.98 Å². The van der Waals surface area contributed by atoms with E-state index in [-0.39, 0.29) is 11.2 Å². The van der Waals surface area contributed by atoms with Gasteiger partial charge in [0, 0.05) is 16.7 Å². The van der Waals surface area contributed by atoms with Gasteiger partial charge in [-0.3, -0.25) is 9.36 Å². The second kappa shape index (κ2) is 9.31. The third-order valence-electron chi connectivity index (χ3n) is 5.29. The number of nitrogens with zero attached hydrogens (tertiary/aromatic N) is 5. The van der Waals surface area contributed by atoms with Crippen LogP contribution in [0.1, 0.15) is 21.5 Å². The number of halogens is 3. The molecular formula is C25H14F3N5O2S. The quantitative estimate of drug-likeness (QED) is 0.282. The molecule has 178 valence electrons. The van der Waals surface area contributed by atoms with E-state index in [1.165, 1.54) is 28.5 Å². The third-order valence-corrected chi connectivity index (χ3v) is 6.18. The van der Waals surface area contributed by atoms with Crippen molar-refractivity contribution in [3.63, 3.8) is 0 Å². The average Bonchev–Trinajstić information content (AvgIpc) is 3.20. The van der Waals surface area contributed by atoms with Crippen molar-refractivity contribution in [2.24, 2.45) is 0 Å². The number of carbonyl (C=O) groups excluding carboxylic acids is 1. The number of nitriles is 1. The summed E-state index contributed by atoms with van der Waals surface area (Å²) in [6.45, 7) is 0. The number of hydrogen-bond donors (Lipinski definition) is 0. The Bertz CT molecular complexity index is 1640. The van der Waals surface area contributed by atoms with E-state index in [4.69, 9.17) is 0 Å². The monoisotopic (exact) mass is 505 g/mol. The number of thioether (sulfide) groups is 1. The molecular weight excluding hydrogens is 491 g/mol. The highest BCUT2D eigenvalue weighted by Gasteiger charge is 2.31. The molecule has 2 heterocycles. The molecule has 0 saturated carbocycles. The molecule has 0 aliphatic heterocycles. The van der Waals surface area contributed by atoms with Crippen LogP contribution < -0.4 is 4.74 Å².